The van der Waals surface area contributed by atoms with Crippen molar-refractivity contribution in [2.75, 3.05) is 0 Å². The van der Waals surface area contributed by atoms with Crippen LogP contribution in [0.1, 0.15) is 98.3 Å². The molecule has 1 saturated carbocycles. The fourth-order valence-corrected chi connectivity index (χ4v) is 7.36. The van der Waals surface area contributed by atoms with E-state index in [0.29, 0.717) is 29.4 Å². The fourth-order valence-electron chi connectivity index (χ4n) is 7.36. The van der Waals surface area contributed by atoms with E-state index in [9.17, 15) is 14.7 Å². The lowest BCUT2D eigenvalue weighted by atomic mass is 9.89. The molecule has 0 amide bonds. The summed E-state index contributed by atoms with van der Waals surface area (Å²) in [4.78, 5) is 37.4. The van der Waals surface area contributed by atoms with E-state index in [1.165, 1.54) is 76.2 Å². The maximum Gasteiger partial charge on any atom is 0.336 e. The molecule has 3 fully saturated rings. The second kappa shape index (κ2) is 10.4. The van der Waals surface area contributed by atoms with Crippen LogP contribution in [-0.4, -0.2) is 48.6 Å². The number of aromatic nitrogens is 3. The van der Waals surface area contributed by atoms with E-state index < -0.39 is 5.97 Å². The molecule has 1 unspecified atom stereocenters. The average Bonchev–Trinajstić information content (AvgIpc) is 3.13. The highest BCUT2D eigenvalue weighted by Gasteiger charge is 2.44. The first kappa shape index (κ1) is 24.3. The van der Waals surface area contributed by atoms with E-state index in [1.807, 2.05) is 28.8 Å². The monoisotopic (exact) mass is 500 g/mol. The van der Waals surface area contributed by atoms with Crippen molar-refractivity contribution in [1.29, 1.82) is 0 Å². The number of para-hydroxylation sites is 2. The van der Waals surface area contributed by atoms with Crippen molar-refractivity contribution in [1.82, 2.24) is 19.4 Å². The lowest BCUT2D eigenvalue weighted by Crippen LogP contribution is -2.50. The third-order valence-corrected chi connectivity index (χ3v) is 8.98. The zero-order chi connectivity index (χ0) is 25.4. The number of fused-ring (bicyclic) bond motifs is 3. The Labute approximate surface area is 217 Å². The van der Waals surface area contributed by atoms with Gasteiger partial charge in [0.25, 0.3) is 5.56 Å². The SMILES string of the molecule is O=C(O)c1ccncc1Cc1nc2ccccc2n(C2C[C@H]3CC[C@@H](C2)N3C2CCCCCCC2)c1=O. The van der Waals surface area contributed by atoms with Gasteiger partial charge >= 0.3 is 5.97 Å². The van der Waals surface area contributed by atoms with E-state index >= 15 is 0 Å². The Morgan fingerprint density at radius 1 is 0.892 bits per heavy atom. The lowest BCUT2D eigenvalue weighted by Gasteiger charge is -2.45. The van der Waals surface area contributed by atoms with Crippen molar-refractivity contribution in [3.63, 3.8) is 0 Å². The predicted octanol–water partition coefficient (Wildman–Crippen LogP) is 5.36. The number of nitrogens with zero attached hydrogens (tertiary/aromatic N) is 4. The van der Waals surface area contributed by atoms with Crippen LogP contribution < -0.4 is 5.56 Å². The van der Waals surface area contributed by atoms with Gasteiger partial charge < -0.3 is 9.67 Å². The molecule has 2 saturated heterocycles. The van der Waals surface area contributed by atoms with Crippen LogP contribution in [0.25, 0.3) is 11.0 Å². The van der Waals surface area contributed by atoms with Gasteiger partial charge in [-0.15, -0.1) is 0 Å². The summed E-state index contributed by atoms with van der Waals surface area (Å²) in [6.45, 7) is 0. The Morgan fingerprint density at radius 3 is 2.32 bits per heavy atom. The summed E-state index contributed by atoms with van der Waals surface area (Å²) >= 11 is 0. The zero-order valence-electron chi connectivity index (χ0n) is 21.4. The highest BCUT2D eigenvalue weighted by atomic mass is 16.4. The van der Waals surface area contributed by atoms with E-state index in [1.54, 1.807) is 0 Å². The molecule has 6 rings (SSSR count). The Balaban J connectivity index is 1.34. The normalized spacial score (nSPS) is 25.1. The van der Waals surface area contributed by atoms with Crippen LogP contribution in [0, 0.1) is 0 Å². The van der Waals surface area contributed by atoms with Crippen LogP contribution in [0.3, 0.4) is 0 Å². The Kier molecular flexibility index (Phi) is 6.80. The van der Waals surface area contributed by atoms with Crippen molar-refractivity contribution in [2.45, 2.75) is 101 Å². The summed E-state index contributed by atoms with van der Waals surface area (Å²) in [5, 5.41) is 9.64. The number of benzene rings is 1. The first-order valence-corrected chi connectivity index (χ1v) is 14.0. The molecule has 7 heteroatoms. The number of pyridine rings is 1. The third kappa shape index (κ3) is 4.70. The molecule has 0 spiro atoms. The summed E-state index contributed by atoms with van der Waals surface area (Å²) < 4.78 is 2.00. The number of carboxylic acid groups (broad SMARTS) is 1. The van der Waals surface area contributed by atoms with Crippen LogP contribution in [0.4, 0.5) is 0 Å². The van der Waals surface area contributed by atoms with Crippen LogP contribution in [0.15, 0.2) is 47.5 Å². The minimum Gasteiger partial charge on any atom is -0.478 e. The average molecular weight is 501 g/mol. The van der Waals surface area contributed by atoms with Gasteiger partial charge in [0.1, 0.15) is 5.69 Å². The highest BCUT2D eigenvalue weighted by Crippen LogP contribution is 2.44. The smallest absolute Gasteiger partial charge is 0.336 e. The summed E-state index contributed by atoms with van der Waals surface area (Å²) in [7, 11) is 0. The van der Waals surface area contributed by atoms with Gasteiger partial charge in [-0.2, -0.15) is 0 Å². The fraction of sp³-hybridized carbons (Fsp3) is 0.533. The highest BCUT2D eigenvalue weighted by molar-refractivity contribution is 5.89. The largest absolute Gasteiger partial charge is 0.478 e. The molecular weight excluding hydrogens is 464 g/mol. The van der Waals surface area contributed by atoms with Crippen LogP contribution in [0.5, 0.6) is 0 Å². The van der Waals surface area contributed by atoms with Crippen molar-refractivity contribution in [3.05, 3.63) is 69.9 Å². The number of aromatic carboxylic acids is 1. The molecule has 7 nitrogen and oxygen atoms in total. The molecule has 2 aliphatic heterocycles. The molecule has 0 radical (unpaired) electrons. The zero-order valence-corrected chi connectivity index (χ0v) is 21.4. The van der Waals surface area contributed by atoms with Gasteiger partial charge in [0.05, 0.1) is 16.6 Å². The maximum atomic E-state index is 14.0. The van der Waals surface area contributed by atoms with Gasteiger partial charge in [-0.1, -0.05) is 44.2 Å². The standard InChI is InChI=1S/C30H36N4O3/c35-29-27(16-20-19-31-15-14-25(20)30(36)37)32-26-10-6-7-11-28(26)34(29)24-17-22-12-13-23(18-24)33(22)21-8-4-2-1-3-5-9-21/h6-7,10-11,14-15,19,21-24H,1-5,8-9,12-13,16-18H2,(H,36,37)/t22-,23+,24?. The van der Waals surface area contributed by atoms with Gasteiger partial charge in [-0.3, -0.25) is 14.7 Å². The number of hydrogen-bond acceptors (Lipinski definition) is 5. The summed E-state index contributed by atoms with van der Waals surface area (Å²) in [5.41, 5.74) is 2.64. The minimum absolute atomic E-state index is 0.0947. The third-order valence-electron chi connectivity index (χ3n) is 8.98. The molecule has 2 bridgehead atoms. The topological polar surface area (TPSA) is 88.3 Å². The van der Waals surface area contributed by atoms with Gasteiger partial charge in [0, 0.05) is 43.0 Å². The van der Waals surface area contributed by atoms with E-state index in [0.717, 1.165) is 23.9 Å². The van der Waals surface area contributed by atoms with Crippen molar-refractivity contribution in [3.8, 4) is 0 Å². The molecule has 3 aliphatic rings. The van der Waals surface area contributed by atoms with E-state index in [2.05, 4.69) is 9.88 Å². The Morgan fingerprint density at radius 2 is 1.59 bits per heavy atom. The van der Waals surface area contributed by atoms with Crippen LogP contribution >= 0.6 is 0 Å². The maximum absolute atomic E-state index is 14.0. The first-order chi connectivity index (χ1) is 18.1. The second-order valence-electron chi connectivity index (χ2n) is 11.2. The molecule has 1 aliphatic carbocycles. The minimum atomic E-state index is -1.02. The summed E-state index contributed by atoms with van der Waals surface area (Å²) in [6, 6.07) is 11.3. The number of carboxylic acids is 1. The van der Waals surface area contributed by atoms with Crippen molar-refractivity contribution < 1.29 is 9.90 Å². The van der Waals surface area contributed by atoms with Gasteiger partial charge in [-0.05, 0) is 62.3 Å². The Bertz CT molecular complexity index is 1330. The first-order valence-electron chi connectivity index (χ1n) is 14.0. The molecule has 1 aromatic carbocycles. The van der Waals surface area contributed by atoms with Crippen molar-refractivity contribution in [2.24, 2.45) is 0 Å². The molecule has 2 aromatic heterocycles. The molecule has 194 valence electrons. The number of piperidine rings is 1. The molecule has 4 heterocycles. The second-order valence-corrected chi connectivity index (χ2v) is 11.2. The molecule has 3 aromatic rings. The molecule has 1 N–H and O–H groups in total. The summed E-state index contributed by atoms with van der Waals surface area (Å²) in [6.07, 6.45) is 17.0. The van der Waals surface area contributed by atoms with Crippen LogP contribution in [-0.2, 0) is 6.42 Å². The van der Waals surface area contributed by atoms with Gasteiger partial charge in [0.2, 0.25) is 0 Å². The molecular formula is C30H36N4O3. The van der Waals surface area contributed by atoms with E-state index in [-0.39, 0.29) is 23.6 Å². The molecule has 37 heavy (non-hydrogen) atoms. The lowest BCUT2D eigenvalue weighted by molar-refractivity contribution is 0.0497. The van der Waals surface area contributed by atoms with Crippen LogP contribution in [0.2, 0.25) is 0 Å². The predicted molar refractivity (Wildman–Crippen MR) is 143 cm³/mol. The van der Waals surface area contributed by atoms with Gasteiger partial charge in [0.15, 0.2) is 0 Å². The molecule has 3 atom stereocenters. The Hall–Kier alpha value is -3.06. The van der Waals surface area contributed by atoms with Gasteiger partial charge in [-0.25, -0.2) is 9.78 Å². The van der Waals surface area contributed by atoms with E-state index in [4.69, 9.17) is 4.98 Å². The number of hydrogen-bond donors (Lipinski definition) is 1. The summed E-state index contributed by atoms with van der Waals surface area (Å²) in [5.74, 6) is -1.02. The number of rotatable bonds is 5. The quantitative estimate of drug-likeness (QED) is 0.507. The van der Waals surface area contributed by atoms with Crippen molar-refractivity contribution >= 4 is 17.0 Å². The number of carbonyl (C=O) groups is 1.